The lowest BCUT2D eigenvalue weighted by Gasteiger charge is -2.32. The van der Waals surface area contributed by atoms with Crippen molar-refractivity contribution < 1.29 is 17.9 Å². The van der Waals surface area contributed by atoms with Gasteiger partial charge in [0.2, 0.25) is 0 Å². The first kappa shape index (κ1) is 13.4. The van der Waals surface area contributed by atoms with Gasteiger partial charge in [-0.2, -0.15) is 12.7 Å². The second-order valence-electron chi connectivity index (χ2n) is 3.29. The molecule has 0 aliphatic carbocycles. The highest BCUT2D eigenvalue weighted by atomic mass is 32.2. The van der Waals surface area contributed by atoms with Crippen LogP contribution in [0.5, 0.6) is 0 Å². The van der Waals surface area contributed by atoms with Crippen LogP contribution in [0.25, 0.3) is 0 Å². The number of piperazine rings is 1. The van der Waals surface area contributed by atoms with E-state index >= 15 is 0 Å². The first-order valence-electron chi connectivity index (χ1n) is 5.10. The number of esters is 1. The Hall–Kier alpha value is -0.700. The summed E-state index contributed by atoms with van der Waals surface area (Å²) in [4.78, 5) is 11.6. The Morgan fingerprint density at radius 2 is 2.31 bits per heavy atom. The van der Waals surface area contributed by atoms with Crippen molar-refractivity contribution in [3.05, 3.63) is 0 Å². The van der Waals surface area contributed by atoms with Crippen LogP contribution in [0.3, 0.4) is 0 Å². The second kappa shape index (κ2) is 5.58. The highest BCUT2D eigenvalue weighted by molar-refractivity contribution is 7.87. The van der Waals surface area contributed by atoms with Gasteiger partial charge >= 0.3 is 5.97 Å². The quantitative estimate of drug-likeness (QED) is 0.581. The summed E-state index contributed by atoms with van der Waals surface area (Å²) in [5.41, 5.74) is 0. The maximum atomic E-state index is 11.7. The Balaban J connectivity index is 2.83. The number of carbonyl (C=O) groups excluding carboxylic acids is 1. The van der Waals surface area contributed by atoms with Crippen molar-refractivity contribution in [3.8, 4) is 0 Å². The predicted molar refractivity (Wildman–Crippen MR) is 58.0 cm³/mol. The van der Waals surface area contributed by atoms with E-state index in [0.717, 1.165) is 4.31 Å². The second-order valence-corrected chi connectivity index (χ2v) is 5.12. The van der Waals surface area contributed by atoms with Crippen molar-refractivity contribution in [2.45, 2.75) is 13.0 Å². The van der Waals surface area contributed by atoms with Gasteiger partial charge in [0.15, 0.2) is 0 Å². The minimum Gasteiger partial charge on any atom is -0.465 e. The molecule has 1 rings (SSSR count). The van der Waals surface area contributed by atoms with Gasteiger partial charge < -0.3 is 10.1 Å². The van der Waals surface area contributed by atoms with E-state index in [9.17, 15) is 13.2 Å². The average Bonchev–Trinajstić information content (AvgIpc) is 2.29. The van der Waals surface area contributed by atoms with E-state index in [1.165, 1.54) is 7.05 Å². The third-order valence-corrected chi connectivity index (χ3v) is 3.89. The van der Waals surface area contributed by atoms with E-state index in [4.69, 9.17) is 4.74 Å². The molecule has 0 bridgehead atoms. The van der Waals surface area contributed by atoms with Crippen LogP contribution in [0.4, 0.5) is 0 Å². The van der Waals surface area contributed by atoms with Crippen LogP contribution in [0.1, 0.15) is 6.92 Å². The van der Waals surface area contributed by atoms with Gasteiger partial charge in [0.05, 0.1) is 6.61 Å². The van der Waals surface area contributed by atoms with Crippen LogP contribution in [0.2, 0.25) is 0 Å². The minimum atomic E-state index is -3.59. The lowest BCUT2D eigenvalue weighted by molar-refractivity contribution is -0.148. The van der Waals surface area contributed by atoms with E-state index in [0.29, 0.717) is 6.54 Å². The van der Waals surface area contributed by atoms with Crippen LogP contribution < -0.4 is 10.0 Å². The molecule has 7 nitrogen and oxygen atoms in total. The topological polar surface area (TPSA) is 87.7 Å². The number of nitrogens with zero attached hydrogens (tertiary/aromatic N) is 1. The van der Waals surface area contributed by atoms with Crippen molar-refractivity contribution in [1.29, 1.82) is 0 Å². The molecular formula is C8H17N3O4S. The van der Waals surface area contributed by atoms with Gasteiger partial charge in [0.25, 0.3) is 10.2 Å². The largest absolute Gasteiger partial charge is 0.465 e. The van der Waals surface area contributed by atoms with E-state index in [2.05, 4.69) is 10.0 Å². The maximum Gasteiger partial charge on any atom is 0.325 e. The molecule has 1 aliphatic rings. The molecule has 1 fully saturated rings. The van der Waals surface area contributed by atoms with Gasteiger partial charge in [0.1, 0.15) is 6.04 Å². The van der Waals surface area contributed by atoms with Crippen molar-refractivity contribution >= 4 is 16.2 Å². The molecule has 1 saturated heterocycles. The number of hydrogen-bond acceptors (Lipinski definition) is 5. The zero-order valence-electron chi connectivity index (χ0n) is 9.39. The first-order chi connectivity index (χ1) is 7.53. The monoisotopic (exact) mass is 251 g/mol. The summed E-state index contributed by atoms with van der Waals surface area (Å²) in [6.45, 7) is 2.98. The normalized spacial score (nSPS) is 23.0. The Morgan fingerprint density at radius 1 is 1.62 bits per heavy atom. The van der Waals surface area contributed by atoms with Crippen LogP contribution in [0.15, 0.2) is 0 Å². The fourth-order valence-corrected chi connectivity index (χ4v) is 2.59. The van der Waals surface area contributed by atoms with Gasteiger partial charge in [-0.05, 0) is 6.92 Å². The fraction of sp³-hybridized carbons (Fsp3) is 0.875. The zero-order valence-corrected chi connectivity index (χ0v) is 10.2. The molecule has 94 valence electrons. The Morgan fingerprint density at radius 3 is 2.88 bits per heavy atom. The molecular weight excluding hydrogens is 234 g/mol. The SMILES string of the molecule is CCOC(=O)C1CNCCN1S(=O)(=O)NC. The van der Waals surface area contributed by atoms with Gasteiger partial charge in [0, 0.05) is 26.7 Å². The fourth-order valence-electron chi connectivity index (χ4n) is 1.53. The summed E-state index contributed by atoms with van der Waals surface area (Å²) in [7, 11) is -2.27. The smallest absolute Gasteiger partial charge is 0.325 e. The van der Waals surface area contributed by atoms with Crippen LogP contribution >= 0.6 is 0 Å². The molecule has 0 spiro atoms. The highest BCUT2D eigenvalue weighted by Crippen LogP contribution is 2.09. The lowest BCUT2D eigenvalue weighted by atomic mass is 10.2. The number of rotatable bonds is 4. The molecule has 2 N–H and O–H groups in total. The number of carbonyl (C=O) groups is 1. The summed E-state index contributed by atoms with van der Waals surface area (Å²) in [6, 6.07) is -0.786. The van der Waals surface area contributed by atoms with Crippen molar-refractivity contribution in [2.24, 2.45) is 0 Å². The van der Waals surface area contributed by atoms with Crippen LogP contribution in [-0.2, 0) is 19.7 Å². The molecule has 0 amide bonds. The molecule has 0 aromatic rings. The Kier molecular flexibility index (Phi) is 4.66. The summed E-state index contributed by atoms with van der Waals surface area (Å²) in [5.74, 6) is -0.520. The highest BCUT2D eigenvalue weighted by Gasteiger charge is 2.36. The predicted octanol–water partition coefficient (Wildman–Crippen LogP) is -1.71. The third-order valence-electron chi connectivity index (χ3n) is 2.32. The maximum absolute atomic E-state index is 11.7. The Bertz CT molecular complexity index is 343. The van der Waals surface area contributed by atoms with Crippen LogP contribution in [0, 0.1) is 0 Å². The Labute approximate surface area is 95.3 Å². The molecule has 1 heterocycles. The van der Waals surface area contributed by atoms with Crippen molar-refractivity contribution in [3.63, 3.8) is 0 Å². The molecule has 0 aromatic heterocycles. The molecule has 0 radical (unpaired) electrons. The zero-order chi connectivity index (χ0) is 12.2. The molecule has 0 saturated carbocycles. The summed E-state index contributed by atoms with van der Waals surface area (Å²) < 4.78 is 31.5. The van der Waals surface area contributed by atoms with E-state index in [-0.39, 0.29) is 19.7 Å². The average molecular weight is 251 g/mol. The molecule has 8 heteroatoms. The summed E-state index contributed by atoms with van der Waals surface area (Å²) in [6.07, 6.45) is 0. The van der Waals surface area contributed by atoms with Gasteiger partial charge in [-0.3, -0.25) is 4.79 Å². The standard InChI is InChI=1S/C8H17N3O4S/c1-3-15-8(12)7-6-10-4-5-11(7)16(13,14)9-2/h7,9-10H,3-6H2,1-2H3. The van der Waals surface area contributed by atoms with E-state index in [1.54, 1.807) is 6.92 Å². The first-order valence-corrected chi connectivity index (χ1v) is 6.54. The van der Waals surface area contributed by atoms with Gasteiger partial charge in [-0.1, -0.05) is 0 Å². The molecule has 1 unspecified atom stereocenters. The van der Waals surface area contributed by atoms with Gasteiger partial charge in [-0.25, -0.2) is 4.72 Å². The number of hydrogen-bond donors (Lipinski definition) is 2. The molecule has 1 atom stereocenters. The summed E-state index contributed by atoms with van der Waals surface area (Å²) >= 11 is 0. The van der Waals surface area contributed by atoms with Crippen molar-refractivity contribution in [2.75, 3.05) is 33.3 Å². The lowest BCUT2D eigenvalue weighted by Crippen LogP contribution is -2.59. The van der Waals surface area contributed by atoms with Gasteiger partial charge in [-0.15, -0.1) is 0 Å². The number of ether oxygens (including phenoxy) is 1. The van der Waals surface area contributed by atoms with Crippen molar-refractivity contribution in [1.82, 2.24) is 14.3 Å². The van der Waals surface area contributed by atoms with E-state index < -0.39 is 22.2 Å². The summed E-state index contributed by atoms with van der Waals surface area (Å²) in [5, 5.41) is 2.97. The molecule has 0 aromatic carbocycles. The minimum absolute atomic E-state index is 0.239. The van der Waals surface area contributed by atoms with E-state index in [1.807, 2.05) is 0 Å². The molecule has 16 heavy (non-hydrogen) atoms. The number of nitrogens with one attached hydrogen (secondary N) is 2. The molecule has 1 aliphatic heterocycles. The van der Waals surface area contributed by atoms with Crippen LogP contribution in [-0.4, -0.2) is 58.0 Å². The third kappa shape index (κ3) is 2.91.